The zero-order chi connectivity index (χ0) is 23.6. The molecule has 2 aromatic carbocycles. The van der Waals surface area contributed by atoms with Gasteiger partial charge in [0, 0.05) is 19.7 Å². The van der Waals surface area contributed by atoms with Gasteiger partial charge in [0.1, 0.15) is 17.3 Å². The van der Waals surface area contributed by atoms with Gasteiger partial charge in [0.25, 0.3) is 0 Å². The number of hydrogen-bond acceptors (Lipinski definition) is 8. The molecule has 12 heteroatoms. The van der Waals surface area contributed by atoms with Crippen LogP contribution in [0.3, 0.4) is 0 Å². The molecule has 0 aliphatic heterocycles. The predicted octanol–water partition coefficient (Wildman–Crippen LogP) is 2.18. The number of alkyl carbamates (subject to hydrolysis) is 1. The summed E-state index contributed by atoms with van der Waals surface area (Å²) in [4.78, 5) is 27.7. The third kappa shape index (κ3) is 7.25. The maximum absolute atomic E-state index is 12.5. The van der Waals surface area contributed by atoms with Crippen LogP contribution in [0, 0.1) is 0 Å². The number of rotatable bonds is 8. The van der Waals surface area contributed by atoms with Crippen molar-refractivity contribution in [2.45, 2.75) is 11.8 Å². The number of carbonyl (C=O) groups is 2. The molecule has 0 saturated carbocycles. The molecule has 2 amide bonds. The summed E-state index contributed by atoms with van der Waals surface area (Å²) in [6.45, 7) is 1.86. The number of benzene rings is 2. The Labute approximate surface area is 185 Å². The second kappa shape index (κ2) is 11.7. The summed E-state index contributed by atoms with van der Waals surface area (Å²) >= 11 is 0. The quantitative estimate of drug-likeness (QED) is 0.306. The average molecular weight is 465 g/mol. The molecule has 0 aliphatic carbocycles. The van der Waals surface area contributed by atoms with Gasteiger partial charge < -0.3 is 24.3 Å². The van der Waals surface area contributed by atoms with E-state index >= 15 is 0 Å². The average Bonchev–Trinajstić information content (AvgIpc) is 2.76. The number of carbonyl (C=O) groups excluding carboxylic acids is 2. The smallest absolute Gasteiger partial charge is 0.413 e. The first kappa shape index (κ1) is 24.6. The summed E-state index contributed by atoms with van der Waals surface area (Å²) in [5, 5.41) is 7.85. The van der Waals surface area contributed by atoms with Crippen LogP contribution in [0.5, 0.6) is 5.75 Å². The lowest BCUT2D eigenvalue weighted by Crippen LogP contribution is -2.36. The molecule has 0 aliphatic rings. The second-order valence-electron chi connectivity index (χ2n) is 6.10. The van der Waals surface area contributed by atoms with Gasteiger partial charge in [0.15, 0.2) is 0 Å². The zero-order valence-corrected chi connectivity index (χ0v) is 18.6. The molecule has 172 valence electrons. The van der Waals surface area contributed by atoms with Gasteiger partial charge >= 0.3 is 16.2 Å². The van der Waals surface area contributed by atoms with Crippen LogP contribution < -0.4 is 20.1 Å². The van der Waals surface area contributed by atoms with E-state index in [4.69, 9.17) is 8.92 Å². The highest BCUT2D eigenvalue weighted by atomic mass is 32.2. The number of aliphatic imine (C=N–C) groups is 1. The molecular weight excluding hydrogens is 440 g/mol. The van der Waals surface area contributed by atoms with Gasteiger partial charge in [-0.05, 0) is 31.2 Å². The van der Waals surface area contributed by atoms with E-state index in [2.05, 4.69) is 25.7 Å². The van der Waals surface area contributed by atoms with Crippen molar-refractivity contribution in [3.8, 4) is 5.75 Å². The number of guanidine groups is 1. The Morgan fingerprint density at radius 2 is 1.72 bits per heavy atom. The monoisotopic (exact) mass is 464 g/mol. The summed E-state index contributed by atoms with van der Waals surface area (Å²) in [6, 6.07) is 11.8. The number of nitrogens with zero attached hydrogens (tertiary/aromatic N) is 1. The summed E-state index contributed by atoms with van der Waals surface area (Å²) in [5.74, 6) is -0.462. The van der Waals surface area contributed by atoms with Crippen LogP contribution >= 0.6 is 0 Å². The van der Waals surface area contributed by atoms with Crippen molar-refractivity contribution in [3.63, 3.8) is 0 Å². The first-order valence-electron chi connectivity index (χ1n) is 9.38. The van der Waals surface area contributed by atoms with Crippen molar-refractivity contribution < 1.29 is 31.7 Å². The number of methoxy groups -OCH3 is 2. The van der Waals surface area contributed by atoms with Crippen molar-refractivity contribution in [1.82, 2.24) is 5.32 Å². The van der Waals surface area contributed by atoms with Crippen LogP contribution in [0.25, 0.3) is 0 Å². The fourth-order valence-electron chi connectivity index (χ4n) is 2.41. The molecule has 2 rings (SSSR count). The molecule has 0 bridgehead atoms. The Kier molecular flexibility index (Phi) is 8.98. The minimum absolute atomic E-state index is 0.0182. The minimum Gasteiger partial charge on any atom is -0.453 e. The number of ether oxygens (including phenoxy) is 2. The van der Waals surface area contributed by atoms with Gasteiger partial charge in [0.05, 0.1) is 18.5 Å². The Morgan fingerprint density at radius 3 is 2.34 bits per heavy atom. The lowest BCUT2D eigenvalue weighted by molar-refractivity contribution is -0.119. The summed E-state index contributed by atoms with van der Waals surface area (Å²) in [6.07, 6.45) is -0.770. The maximum Gasteiger partial charge on any atom is 0.413 e. The molecule has 2 aromatic rings. The molecule has 0 saturated heterocycles. The number of amides is 2. The lowest BCUT2D eigenvalue weighted by atomic mass is 10.2. The third-order valence-electron chi connectivity index (χ3n) is 3.75. The summed E-state index contributed by atoms with van der Waals surface area (Å²) in [5.41, 5.74) is 0.478. The molecule has 32 heavy (non-hydrogen) atoms. The van der Waals surface area contributed by atoms with Crippen LogP contribution in [0.1, 0.15) is 6.92 Å². The van der Waals surface area contributed by atoms with Gasteiger partial charge in [-0.25, -0.2) is 4.79 Å². The summed E-state index contributed by atoms with van der Waals surface area (Å²) < 4.78 is 39.7. The van der Waals surface area contributed by atoms with Gasteiger partial charge in [-0.15, -0.1) is 0 Å². The van der Waals surface area contributed by atoms with Crippen LogP contribution in [0.2, 0.25) is 0 Å². The van der Waals surface area contributed by atoms with Crippen molar-refractivity contribution in [3.05, 3.63) is 48.5 Å². The highest BCUT2D eigenvalue weighted by Crippen LogP contribution is 2.29. The normalized spacial score (nSPS) is 11.4. The largest absolute Gasteiger partial charge is 0.453 e. The van der Waals surface area contributed by atoms with Crippen LogP contribution in [-0.2, 0) is 24.4 Å². The topological polar surface area (TPSA) is 144 Å². The fourth-order valence-corrected chi connectivity index (χ4v) is 3.35. The number of anilines is 2. The Balaban J connectivity index is 2.39. The standard InChI is InChI=1S/C20H24N4O7S/c1-4-21-19(24-20(26)30-3)23-17-12-14(10-11-16(17)22-18(25)13-29-2)31-32(27,28)15-8-6-5-7-9-15/h5-12H,4,13H2,1-3H3,(H,22,25)(H2,21,23,24,26). The summed E-state index contributed by atoms with van der Waals surface area (Å²) in [7, 11) is -1.53. The minimum atomic E-state index is -4.09. The number of hydrogen-bond donors (Lipinski definition) is 3. The van der Waals surface area contributed by atoms with E-state index in [9.17, 15) is 18.0 Å². The second-order valence-corrected chi connectivity index (χ2v) is 7.65. The van der Waals surface area contributed by atoms with Gasteiger partial charge in [-0.2, -0.15) is 8.42 Å². The van der Waals surface area contributed by atoms with E-state index in [1.165, 1.54) is 44.6 Å². The molecule has 11 nitrogen and oxygen atoms in total. The van der Waals surface area contributed by atoms with E-state index in [0.29, 0.717) is 6.54 Å². The molecular formula is C20H24N4O7S. The molecule has 0 heterocycles. The maximum atomic E-state index is 12.5. The van der Waals surface area contributed by atoms with Crippen molar-refractivity contribution in [1.29, 1.82) is 0 Å². The highest BCUT2D eigenvalue weighted by Gasteiger charge is 2.18. The predicted molar refractivity (Wildman–Crippen MR) is 118 cm³/mol. The van der Waals surface area contributed by atoms with Crippen LogP contribution in [-0.4, -0.2) is 53.7 Å². The van der Waals surface area contributed by atoms with E-state index in [0.717, 1.165) is 0 Å². The van der Waals surface area contributed by atoms with Crippen molar-refractivity contribution >= 4 is 39.5 Å². The molecule has 0 radical (unpaired) electrons. The molecule has 0 aromatic heterocycles. The lowest BCUT2D eigenvalue weighted by Gasteiger charge is -2.16. The molecule has 0 spiro atoms. The molecule has 0 fully saturated rings. The van der Waals surface area contributed by atoms with E-state index < -0.39 is 22.1 Å². The van der Waals surface area contributed by atoms with Crippen LogP contribution in [0.15, 0.2) is 58.4 Å². The van der Waals surface area contributed by atoms with Crippen molar-refractivity contribution in [2.24, 2.45) is 4.99 Å². The SMILES string of the molecule is CCN=C(NC(=O)OC)Nc1cc(OS(=O)(=O)c2ccccc2)ccc1NC(=O)COC. The third-order valence-corrected chi connectivity index (χ3v) is 5.01. The van der Waals surface area contributed by atoms with Gasteiger partial charge in [0.2, 0.25) is 11.9 Å². The Bertz CT molecular complexity index is 1070. The Hall–Kier alpha value is -3.64. The molecule has 0 atom stereocenters. The van der Waals surface area contributed by atoms with Gasteiger partial charge in [-0.1, -0.05) is 18.2 Å². The highest BCUT2D eigenvalue weighted by molar-refractivity contribution is 7.87. The number of nitrogens with one attached hydrogen (secondary N) is 3. The Morgan fingerprint density at radius 1 is 1.00 bits per heavy atom. The molecule has 3 N–H and O–H groups in total. The zero-order valence-electron chi connectivity index (χ0n) is 17.7. The van der Waals surface area contributed by atoms with Gasteiger partial charge in [-0.3, -0.25) is 15.1 Å². The van der Waals surface area contributed by atoms with E-state index in [1.807, 2.05) is 0 Å². The fraction of sp³-hybridized carbons (Fsp3) is 0.250. The first-order chi connectivity index (χ1) is 15.3. The van der Waals surface area contributed by atoms with Crippen LogP contribution in [0.4, 0.5) is 16.2 Å². The first-order valence-corrected chi connectivity index (χ1v) is 10.8. The van der Waals surface area contributed by atoms with Crippen molar-refractivity contribution in [2.75, 3.05) is 38.0 Å². The van der Waals surface area contributed by atoms with E-state index in [1.54, 1.807) is 25.1 Å². The molecule has 0 unspecified atom stereocenters. The van der Waals surface area contributed by atoms with E-state index in [-0.39, 0.29) is 34.6 Å².